The third-order valence-corrected chi connectivity index (χ3v) is 5.63. The Kier molecular flexibility index (Phi) is 5.75. The van der Waals surface area contributed by atoms with Crippen molar-refractivity contribution in [1.29, 1.82) is 0 Å². The van der Waals surface area contributed by atoms with Crippen molar-refractivity contribution in [2.45, 2.75) is 19.6 Å². The first-order valence-electron chi connectivity index (χ1n) is 10.2. The van der Waals surface area contributed by atoms with Crippen LogP contribution < -0.4 is 16.6 Å². The zero-order valence-electron chi connectivity index (χ0n) is 17.9. The number of hydrogen-bond acceptors (Lipinski definition) is 6. The van der Waals surface area contributed by atoms with Gasteiger partial charge in [-0.05, 0) is 12.5 Å². The molecular formula is C21H26N6O4. The number of imidazole rings is 1. The number of benzene rings is 1. The van der Waals surface area contributed by atoms with Gasteiger partial charge in [-0.2, -0.15) is 0 Å². The van der Waals surface area contributed by atoms with Gasteiger partial charge >= 0.3 is 5.69 Å². The maximum atomic E-state index is 13.0. The minimum atomic E-state index is -0.480. The van der Waals surface area contributed by atoms with Crippen molar-refractivity contribution in [2.75, 3.05) is 26.3 Å². The van der Waals surface area contributed by atoms with Crippen molar-refractivity contribution in [3.8, 4) is 0 Å². The van der Waals surface area contributed by atoms with Crippen LogP contribution in [0.2, 0.25) is 0 Å². The van der Waals surface area contributed by atoms with E-state index in [2.05, 4.69) is 15.2 Å². The van der Waals surface area contributed by atoms with Crippen LogP contribution in [0.4, 0.5) is 0 Å². The molecule has 1 aliphatic rings. The maximum absolute atomic E-state index is 13.0. The standard InChI is InChI=1S/C21H26N6O4/c1-14-4-6-15(7-5-14)18(26-8-10-31-11-9-26)23-16(28)12-27-13-22-19-17(27)20(29)25(3)21(30)24(19)2/h4-7,13,18H,8-12H2,1-3H3,(H,23,28). The molecule has 10 nitrogen and oxygen atoms in total. The Hall–Kier alpha value is -3.24. The topological polar surface area (TPSA) is 103 Å². The number of aryl methyl sites for hydroxylation is 2. The normalized spacial score (nSPS) is 15.8. The number of hydrogen-bond donors (Lipinski definition) is 1. The predicted molar refractivity (Wildman–Crippen MR) is 115 cm³/mol. The molecule has 1 atom stereocenters. The second kappa shape index (κ2) is 8.48. The van der Waals surface area contributed by atoms with Crippen LogP contribution in [0.1, 0.15) is 17.3 Å². The van der Waals surface area contributed by atoms with Crippen molar-refractivity contribution in [3.05, 3.63) is 62.6 Å². The van der Waals surface area contributed by atoms with E-state index in [0.717, 1.165) is 15.7 Å². The van der Waals surface area contributed by atoms with Crippen LogP contribution in [0, 0.1) is 6.92 Å². The molecule has 3 aromatic rings. The first kappa shape index (κ1) is 21.0. The van der Waals surface area contributed by atoms with Gasteiger partial charge in [0, 0.05) is 27.2 Å². The molecule has 1 unspecified atom stereocenters. The molecule has 164 valence electrons. The summed E-state index contributed by atoms with van der Waals surface area (Å²) >= 11 is 0. The molecule has 1 N–H and O–H groups in total. The van der Waals surface area contributed by atoms with E-state index in [9.17, 15) is 14.4 Å². The number of morpholine rings is 1. The highest BCUT2D eigenvalue weighted by molar-refractivity contribution is 5.79. The minimum Gasteiger partial charge on any atom is -0.379 e. The third kappa shape index (κ3) is 4.04. The largest absolute Gasteiger partial charge is 0.379 e. The summed E-state index contributed by atoms with van der Waals surface area (Å²) in [7, 11) is 2.96. The van der Waals surface area contributed by atoms with Crippen molar-refractivity contribution in [3.63, 3.8) is 0 Å². The molecule has 1 aromatic carbocycles. The lowest BCUT2D eigenvalue weighted by molar-refractivity contribution is -0.124. The Morgan fingerprint density at radius 1 is 1.13 bits per heavy atom. The van der Waals surface area contributed by atoms with E-state index in [-0.39, 0.29) is 29.8 Å². The second-order valence-corrected chi connectivity index (χ2v) is 7.78. The molecule has 0 spiro atoms. The predicted octanol–water partition coefficient (Wildman–Crippen LogP) is -0.111. The quantitative estimate of drug-likeness (QED) is 0.611. The van der Waals surface area contributed by atoms with Gasteiger partial charge in [-0.1, -0.05) is 29.8 Å². The Morgan fingerprint density at radius 3 is 2.48 bits per heavy atom. The van der Waals surface area contributed by atoms with Crippen molar-refractivity contribution >= 4 is 17.1 Å². The number of carbonyl (C=O) groups excluding carboxylic acids is 1. The number of rotatable bonds is 5. The molecule has 0 bridgehead atoms. The number of ether oxygens (including phenoxy) is 1. The summed E-state index contributed by atoms with van der Waals surface area (Å²) in [6, 6.07) is 8.05. The summed E-state index contributed by atoms with van der Waals surface area (Å²) in [6.07, 6.45) is 1.11. The van der Waals surface area contributed by atoms with Crippen LogP contribution in [0.25, 0.3) is 11.2 Å². The first-order valence-corrected chi connectivity index (χ1v) is 10.2. The Balaban J connectivity index is 1.62. The lowest BCUT2D eigenvalue weighted by Crippen LogP contribution is -2.47. The van der Waals surface area contributed by atoms with Crippen LogP contribution in [0.15, 0.2) is 40.2 Å². The highest BCUT2D eigenvalue weighted by Gasteiger charge is 2.25. The van der Waals surface area contributed by atoms with Crippen LogP contribution in [-0.2, 0) is 30.2 Å². The van der Waals surface area contributed by atoms with Gasteiger partial charge in [-0.25, -0.2) is 9.78 Å². The number of fused-ring (bicyclic) bond motifs is 1. The number of aromatic nitrogens is 4. The lowest BCUT2D eigenvalue weighted by Gasteiger charge is -2.35. The molecule has 0 aliphatic carbocycles. The maximum Gasteiger partial charge on any atom is 0.332 e. The van der Waals surface area contributed by atoms with Gasteiger partial charge in [0.15, 0.2) is 11.2 Å². The Bertz CT molecular complexity index is 1220. The van der Waals surface area contributed by atoms with Gasteiger partial charge in [-0.3, -0.25) is 23.6 Å². The van der Waals surface area contributed by atoms with Crippen molar-refractivity contribution in [2.24, 2.45) is 14.1 Å². The first-order chi connectivity index (χ1) is 14.9. The molecule has 1 aliphatic heterocycles. The minimum absolute atomic E-state index is 0.0867. The summed E-state index contributed by atoms with van der Waals surface area (Å²) in [6.45, 7) is 4.55. The number of carbonyl (C=O) groups is 1. The van der Waals surface area contributed by atoms with Gasteiger partial charge in [0.25, 0.3) is 5.56 Å². The van der Waals surface area contributed by atoms with Crippen LogP contribution >= 0.6 is 0 Å². The number of nitrogens with one attached hydrogen (secondary N) is 1. The van der Waals surface area contributed by atoms with Gasteiger partial charge in [-0.15, -0.1) is 0 Å². The summed E-state index contributed by atoms with van der Waals surface area (Å²) in [5.41, 5.74) is 1.66. The van der Waals surface area contributed by atoms with Crippen molar-refractivity contribution < 1.29 is 9.53 Å². The van der Waals surface area contributed by atoms with E-state index < -0.39 is 11.2 Å². The Labute approximate surface area is 178 Å². The molecule has 1 saturated heterocycles. The van der Waals surface area contributed by atoms with E-state index in [1.807, 2.05) is 31.2 Å². The fourth-order valence-corrected chi connectivity index (χ4v) is 3.84. The SMILES string of the molecule is Cc1ccc(C(NC(=O)Cn2cnc3c2c(=O)n(C)c(=O)n3C)N2CCOCC2)cc1. The Morgan fingerprint density at radius 2 is 1.81 bits per heavy atom. The van der Waals surface area contributed by atoms with Crippen LogP contribution in [-0.4, -0.2) is 55.8 Å². The van der Waals surface area contributed by atoms with Crippen LogP contribution in [0.3, 0.4) is 0 Å². The monoisotopic (exact) mass is 426 g/mol. The van der Waals surface area contributed by atoms with E-state index in [1.165, 1.54) is 22.5 Å². The van der Waals surface area contributed by atoms with E-state index in [0.29, 0.717) is 26.3 Å². The second-order valence-electron chi connectivity index (χ2n) is 7.78. The molecular weight excluding hydrogens is 400 g/mol. The molecule has 1 fully saturated rings. The highest BCUT2D eigenvalue weighted by atomic mass is 16.5. The molecule has 2 aromatic heterocycles. The lowest BCUT2D eigenvalue weighted by atomic mass is 10.1. The van der Waals surface area contributed by atoms with Gasteiger partial charge in [0.1, 0.15) is 12.7 Å². The summed E-state index contributed by atoms with van der Waals surface area (Å²) in [5, 5.41) is 3.09. The summed E-state index contributed by atoms with van der Waals surface area (Å²) in [4.78, 5) is 44.1. The summed E-state index contributed by atoms with van der Waals surface area (Å²) < 4.78 is 9.26. The molecule has 3 heterocycles. The highest BCUT2D eigenvalue weighted by Crippen LogP contribution is 2.20. The molecule has 31 heavy (non-hydrogen) atoms. The van der Waals surface area contributed by atoms with Gasteiger partial charge < -0.3 is 14.6 Å². The smallest absolute Gasteiger partial charge is 0.332 e. The molecule has 1 amide bonds. The average Bonchev–Trinajstić information content (AvgIpc) is 3.19. The molecule has 0 radical (unpaired) electrons. The zero-order valence-corrected chi connectivity index (χ0v) is 17.9. The van der Waals surface area contributed by atoms with Crippen molar-refractivity contribution in [1.82, 2.24) is 28.9 Å². The van der Waals surface area contributed by atoms with E-state index in [1.54, 1.807) is 7.05 Å². The van der Waals surface area contributed by atoms with E-state index in [4.69, 9.17) is 4.74 Å². The molecule has 0 saturated carbocycles. The number of amides is 1. The van der Waals surface area contributed by atoms with E-state index >= 15 is 0 Å². The van der Waals surface area contributed by atoms with Gasteiger partial charge in [0.2, 0.25) is 5.91 Å². The molecule has 4 rings (SSSR count). The fraction of sp³-hybridized carbons (Fsp3) is 0.429. The van der Waals surface area contributed by atoms with Gasteiger partial charge in [0.05, 0.1) is 19.5 Å². The third-order valence-electron chi connectivity index (χ3n) is 5.63. The van der Waals surface area contributed by atoms with Crippen LogP contribution in [0.5, 0.6) is 0 Å². The summed E-state index contributed by atoms with van der Waals surface area (Å²) in [5.74, 6) is -0.257. The number of nitrogens with zero attached hydrogens (tertiary/aromatic N) is 5. The fourth-order valence-electron chi connectivity index (χ4n) is 3.84. The molecule has 10 heteroatoms. The average molecular weight is 426 g/mol. The zero-order chi connectivity index (χ0) is 22.1.